The normalized spacial score (nSPS) is 23.5. The van der Waals surface area contributed by atoms with E-state index in [2.05, 4.69) is 18.8 Å². The second-order valence-corrected chi connectivity index (χ2v) is 7.89. The maximum atomic E-state index is 13.0. The standard InChI is InChI=1S/C21H31N3O2/c1-3-5-12-23-15-21(10-7-19(23)25)9-6-13-24(16-21)20(26)17-8-11-22-18(4-2)14-17/h8,11,14H,3-7,9-10,12-13,15-16H2,1-2H3/t21-/m1/s1. The lowest BCUT2D eigenvalue weighted by atomic mass is 9.73. The van der Waals surface area contributed by atoms with Gasteiger partial charge in [-0.25, -0.2) is 0 Å². The number of likely N-dealkylation sites (tertiary alicyclic amines) is 2. The molecule has 0 bridgehead atoms. The third-order valence-electron chi connectivity index (χ3n) is 5.90. The molecule has 2 aliphatic rings. The van der Waals surface area contributed by atoms with E-state index in [-0.39, 0.29) is 17.2 Å². The minimum atomic E-state index is 0.0795. The fourth-order valence-corrected chi connectivity index (χ4v) is 4.36. The SMILES string of the molecule is CCCCN1C[C@@]2(CCCN(C(=O)c3ccnc(CC)c3)C2)CCC1=O. The van der Waals surface area contributed by atoms with Crippen molar-refractivity contribution in [2.24, 2.45) is 5.41 Å². The number of hydrogen-bond acceptors (Lipinski definition) is 3. The summed E-state index contributed by atoms with van der Waals surface area (Å²) in [6.07, 6.45) is 8.40. The Labute approximate surface area is 156 Å². The number of piperidine rings is 2. The monoisotopic (exact) mass is 357 g/mol. The number of nitrogens with zero attached hydrogens (tertiary/aromatic N) is 3. The number of unbranched alkanes of at least 4 members (excludes halogenated alkanes) is 1. The predicted molar refractivity (Wildman–Crippen MR) is 102 cm³/mol. The number of aryl methyl sites for hydroxylation is 1. The van der Waals surface area contributed by atoms with Crippen LogP contribution in [-0.4, -0.2) is 52.8 Å². The Hall–Kier alpha value is -1.91. The maximum Gasteiger partial charge on any atom is 0.253 e. The molecule has 5 heteroatoms. The van der Waals surface area contributed by atoms with Crippen LogP contribution in [0.25, 0.3) is 0 Å². The van der Waals surface area contributed by atoms with E-state index in [1.165, 1.54) is 0 Å². The number of carbonyl (C=O) groups is 2. The molecule has 2 aliphatic heterocycles. The van der Waals surface area contributed by atoms with Gasteiger partial charge in [0.25, 0.3) is 5.91 Å². The van der Waals surface area contributed by atoms with Crippen molar-refractivity contribution in [1.82, 2.24) is 14.8 Å². The lowest BCUT2D eigenvalue weighted by Crippen LogP contribution is -2.55. The predicted octanol–water partition coefficient (Wildman–Crippen LogP) is 3.29. The van der Waals surface area contributed by atoms with Crippen LogP contribution < -0.4 is 0 Å². The molecule has 2 amide bonds. The van der Waals surface area contributed by atoms with Gasteiger partial charge in [-0.05, 0) is 44.2 Å². The summed E-state index contributed by atoms with van der Waals surface area (Å²) in [5, 5.41) is 0. The van der Waals surface area contributed by atoms with Crippen molar-refractivity contribution in [3.63, 3.8) is 0 Å². The second kappa shape index (κ2) is 8.19. The summed E-state index contributed by atoms with van der Waals surface area (Å²) in [4.78, 5) is 33.7. The van der Waals surface area contributed by atoms with Gasteiger partial charge in [0.2, 0.25) is 5.91 Å². The molecule has 26 heavy (non-hydrogen) atoms. The maximum absolute atomic E-state index is 13.0. The Morgan fingerprint density at radius 3 is 2.88 bits per heavy atom. The van der Waals surface area contributed by atoms with E-state index >= 15 is 0 Å². The Balaban J connectivity index is 1.71. The molecule has 1 atom stereocenters. The summed E-state index contributed by atoms with van der Waals surface area (Å²) in [5.41, 5.74) is 1.77. The molecule has 0 aliphatic carbocycles. The van der Waals surface area contributed by atoms with E-state index in [4.69, 9.17) is 0 Å². The van der Waals surface area contributed by atoms with Gasteiger partial charge < -0.3 is 9.80 Å². The van der Waals surface area contributed by atoms with E-state index in [1.54, 1.807) is 6.20 Å². The van der Waals surface area contributed by atoms with Crippen molar-refractivity contribution in [3.8, 4) is 0 Å². The highest BCUT2D eigenvalue weighted by molar-refractivity contribution is 5.94. The molecule has 1 aromatic heterocycles. The molecule has 3 heterocycles. The van der Waals surface area contributed by atoms with Gasteiger partial charge in [-0.15, -0.1) is 0 Å². The van der Waals surface area contributed by atoms with Gasteiger partial charge in [0, 0.05) is 55.5 Å². The van der Waals surface area contributed by atoms with Gasteiger partial charge in [-0.1, -0.05) is 20.3 Å². The zero-order chi connectivity index (χ0) is 18.6. The molecule has 0 saturated carbocycles. The van der Waals surface area contributed by atoms with Crippen LogP contribution in [0.2, 0.25) is 0 Å². The lowest BCUT2D eigenvalue weighted by Gasteiger charge is -2.48. The van der Waals surface area contributed by atoms with Gasteiger partial charge in [0.05, 0.1) is 0 Å². The Kier molecular flexibility index (Phi) is 5.94. The lowest BCUT2D eigenvalue weighted by molar-refractivity contribution is -0.139. The third-order valence-corrected chi connectivity index (χ3v) is 5.90. The van der Waals surface area contributed by atoms with E-state index < -0.39 is 0 Å². The minimum absolute atomic E-state index is 0.0795. The number of hydrogen-bond donors (Lipinski definition) is 0. The number of pyridine rings is 1. The molecule has 3 rings (SSSR count). The highest BCUT2D eigenvalue weighted by Gasteiger charge is 2.42. The average Bonchev–Trinajstić information content (AvgIpc) is 2.68. The molecule has 5 nitrogen and oxygen atoms in total. The first kappa shape index (κ1) is 18.9. The van der Waals surface area contributed by atoms with Crippen LogP contribution in [0.3, 0.4) is 0 Å². The molecule has 1 spiro atoms. The number of rotatable bonds is 5. The number of aromatic nitrogens is 1. The molecule has 0 aromatic carbocycles. The molecule has 2 saturated heterocycles. The zero-order valence-corrected chi connectivity index (χ0v) is 16.2. The van der Waals surface area contributed by atoms with Crippen LogP contribution >= 0.6 is 0 Å². The first-order valence-corrected chi connectivity index (χ1v) is 10.1. The largest absolute Gasteiger partial charge is 0.342 e. The summed E-state index contributed by atoms with van der Waals surface area (Å²) >= 11 is 0. The number of carbonyl (C=O) groups excluding carboxylic acids is 2. The highest BCUT2D eigenvalue weighted by atomic mass is 16.2. The van der Waals surface area contributed by atoms with Crippen LogP contribution in [0, 0.1) is 5.41 Å². The molecular formula is C21H31N3O2. The molecule has 1 aromatic rings. The van der Waals surface area contributed by atoms with E-state index in [1.807, 2.05) is 21.9 Å². The average molecular weight is 357 g/mol. The minimum Gasteiger partial charge on any atom is -0.342 e. The van der Waals surface area contributed by atoms with Gasteiger partial charge >= 0.3 is 0 Å². The van der Waals surface area contributed by atoms with Crippen LogP contribution in [0.4, 0.5) is 0 Å². The smallest absolute Gasteiger partial charge is 0.253 e. The second-order valence-electron chi connectivity index (χ2n) is 7.89. The van der Waals surface area contributed by atoms with Crippen molar-refractivity contribution in [3.05, 3.63) is 29.6 Å². The fourth-order valence-electron chi connectivity index (χ4n) is 4.36. The molecule has 2 fully saturated rings. The van der Waals surface area contributed by atoms with Gasteiger partial charge in [-0.3, -0.25) is 14.6 Å². The molecule has 142 valence electrons. The van der Waals surface area contributed by atoms with Crippen LogP contribution in [-0.2, 0) is 11.2 Å². The summed E-state index contributed by atoms with van der Waals surface area (Å²) in [6, 6.07) is 3.74. The van der Waals surface area contributed by atoms with Crippen molar-refractivity contribution in [2.75, 3.05) is 26.2 Å². The first-order chi connectivity index (χ1) is 12.6. The van der Waals surface area contributed by atoms with Crippen LogP contribution in [0.5, 0.6) is 0 Å². The summed E-state index contributed by atoms with van der Waals surface area (Å²) in [6.45, 7) is 7.46. The molecule has 0 unspecified atom stereocenters. The topological polar surface area (TPSA) is 53.5 Å². The fraction of sp³-hybridized carbons (Fsp3) is 0.667. The first-order valence-electron chi connectivity index (χ1n) is 10.1. The molecule has 0 N–H and O–H groups in total. The van der Waals surface area contributed by atoms with Crippen molar-refractivity contribution in [1.29, 1.82) is 0 Å². The Bertz CT molecular complexity index is 660. The van der Waals surface area contributed by atoms with Gasteiger partial charge in [0.15, 0.2) is 0 Å². The van der Waals surface area contributed by atoms with E-state index in [0.29, 0.717) is 6.42 Å². The number of amides is 2. The van der Waals surface area contributed by atoms with Crippen LogP contribution in [0.15, 0.2) is 18.3 Å². The van der Waals surface area contributed by atoms with E-state index in [9.17, 15) is 9.59 Å². The highest BCUT2D eigenvalue weighted by Crippen LogP contribution is 2.39. The van der Waals surface area contributed by atoms with Gasteiger partial charge in [0.1, 0.15) is 0 Å². The van der Waals surface area contributed by atoms with Crippen molar-refractivity contribution < 1.29 is 9.59 Å². The van der Waals surface area contributed by atoms with E-state index in [0.717, 1.165) is 76.0 Å². The molecular weight excluding hydrogens is 326 g/mol. The zero-order valence-electron chi connectivity index (χ0n) is 16.2. The van der Waals surface area contributed by atoms with Crippen molar-refractivity contribution >= 4 is 11.8 Å². The summed E-state index contributed by atoms with van der Waals surface area (Å²) in [5.74, 6) is 0.396. The Morgan fingerprint density at radius 1 is 1.27 bits per heavy atom. The third kappa shape index (κ3) is 4.08. The van der Waals surface area contributed by atoms with Gasteiger partial charge in [-0.2, -0.15) is 0 Å². The summed E-state index contributed by atoms with van der Waals surface area (Å²) < 4.78 is 0. The summed E-state index contributed by atoms with van der Waals surface area (Å²) in [7, 11) is 0. The quantitative estimate of drug-likeness (QED) is 0.812. The molecule has 0 radical (unpaired) electrons. The Morgan fingerprint density at radius 2 is 2.12 bits per heavy atom. The van der Waals surface area contributed by atoms with Crippen LogP contribution in [0.1, 0.15) is 68.4 Å². The van der Waals surface area contributed by atoms with Crippen molar-refractivity contribution in [2.45, 2.75) is 58.8 Å².